The van der Waals surface area contributed by atoms with Gasteiger partial charge in [-0.15, -0.1) is 0 Å². The molecule has 2 fully saturated rings. The number of likely N-dealkylation sites (tertiary alicyclic amines) is 1. The minimum atomic E-state index is -4.49. The van der Waals surface area contributed by atoms with Crippen molar-refractivity contribution in [2.45, 2.75) is 43.9 Å². The maximum atomic E-state index is 13.0. The van der Waals surface area contributed by atoms with E-state index in [1.165, 1.54) is 0 Å². The Bertz CT molecular complexity index is 855. The van der Waals surface area contributed by atoms with Gasteiger partial charge in [0.1, 0.15) is 23.5 Å². The first-order chi connectivity index (χ1) is 13.3. The van der Waals surface area contributed by atoms with Gasteiger partial charge in [0, 0.05) is 44.5 Å². The molecule has 1 aliphatic heterocycles. The lowest BCUT2D eigenvalue weighted by atomic mass is 10.0. The van der Waals surface area contributed by atoms with E-state index >= 15 is 0 Å². The molecular formula is C18H21F3N6O. The molecule has 2 aromatic rings. The Morgan fingerprint density at radius 1 is 1.14 bits per heavy atom. The van der Waals surface area contributed by atoms with Crippen molar-refractivity contribution in [3.63, 3.8) is 0 Å². The average molecular weight is 394 g/mol. The minimum absolute atomic E-state index is 0.0547. The van der Waals surface area contributed by atoms with Crippen LogP contribution in [-0.2, 0) is 13.2 Å². The van der Waals surface area contributed by atoms with E-state index in [9.17, 15) is 18.0 Å². The van der Waals surface area contributed by atoms with E-state index < -0.39 is 11.9 Å². The fourth-order valence-electron chi connectivity index (χ4n) is 3.76. The zero-order valence-electron chi connectivity index (χ0n) is 15.4. The predicted octanol–water partition coefficient (Wildman–Crippen LogP) is 2.50. The molecule has 10 heteroatoms. The third-order valence-electron chi connectivity index (χ3n) is 5.33. The van der Waals surface area contributed by atoms with Gasteiger partial charge in [0.05, 0.1) is 0 Å². The minimum Gasteiger partial charge on any atom is -0.350 e. The van der Waals surface area contributed by atoms with Crippen LogP contribution in [0.5, 0.6) is 0 Å². The van der Waals surface area contributed by atoms with E-state index in [2.05, 4.69) is 15.1 Å². The van der Waals surface area contributed by atoms with Crippen molar-refractivity contribution < 1.29 is 18.0 Å². The first-order valence-corrected chi connectivity index (χ1v) is 9.29. The third kappa shape index (κ3) is 3.67. The molecule has 0 aromatic carbocycles. The van der Waals surface area contributed by atoms with E-state index in [1.54, 1.807) is 28.9 Å². The molecule has 2 aromatic heterocycles. The molecule has 0 atom stereocenters. The highest BCUT2D eigenvalue weighted by atomic mass is 19.4. The first-order valence-electron chi connectivity index (χ1n) is 9.29. The van der Waals surface area contributed by atoms with Gasteiger partial charge in [-0.1, -0.05) is 0 Å². The summed E-state index contributed by atoms with van der Waals surface area (Å²) in [7, 11) is 1.72. The van der Waals surface area contributed by atoms with Crippen LogP contribution < -0.4 is 4.90 Å². The highest BCUT2D eigenvalue weighted by Gasteiger charge is 2.39. The molecule has 1 saturated carbocycles. The smallest absolute Gasteiger partial charge is 0.350 e. The van der Waals surface area contributed by atoms with Gasteiger partial charge in [-0.2, -0.15) is 18.3 Å². The summed E-state index contributed by atoms with van der Waals surface area (Å²) in [5.41, 5.74) is -0.393. The normalized spacial score (nSPS) is 18.4. The summed E-state index contributed by atoms with van der Waals surface area (Å²) in [5, 5.41) is 4.03. The van der Waals surface area contributed by atoms with Gasteiger partial charge in [-0.25, -0.2) is 9.97 Å². The van der Waals surface area contributed by atoms with Gasteiger partial charge >= 0.3 is 6.18 Å². The molecule has 7 nitrogen and oxygen atoms in total. The van der Waals surface area contributed by atoms with Gasteiger partial charge in [0.2, 0.25) is 0 Å². The van der Waals surface area contributed by atoms with E-state index in [0.29, 0.717) is 37.4 Å². The summed E-state index contributed by atoms with van der Waals surface area (Å²) in [5.74, 6) is 0.249. The summed E-state index contributed by atoms with van der Waals surface area (Å²) in [4.78, 5) is 23.9. The zero-order chi connectivity index (χ0) is 19.9. The van der Waals surface area contributed by atoms with E-state index in [-0.39, 0.29) is 18.0 Å². The van der Waals surface area contributed by atoms with Crippen molar-refractivity contribution in [2.75, 3.05) is 18.0 Å². The summed E-state index contributed by atoms with van der Waals surface area (Å²) in [6, 6.07) is 2.98. The zero-order valence-corrected chi connectivity index (χ0v) is 15.4. The topological polar surface area (TPSA) is 67.2 Å². The summed E-state index contributed by atoms with van der Waals surface area (Å²) >= 11 is 0. The summed E-state index contributed by atoms with van der Waals surface area (Å²) in [6.07, 6.45) is 1.33. The number of carbonyl (C=O) groups is 1. The molecule has 150 valence electrons. The Hall–Kier alpha value is -2.65. The Morgan fingerprint density at radius 2 is 1.82 bits per heavy atom. The van der Waals surface area contributed by atoms with Crippen molar-refractivity contribution in [2.24, 2.45) is 7.05 Å². The van der Waals surface area contributed by atoms with Gasteiger partial charge in [-0.3, -0.25) is 9.48 Å². The van der Waals surface area contributed by atoms with Gasteiger partial charge in [-0.05, 0) is 31.7 Å². The summed E-state index contributed by atoms with van der Waals surface area (Å²) < 4.78 is 40.7. The number of aromatic nitrogens is 4. The molecule has 4 rings (SSSR count). The third-order valence-corrected chi connectivity index (χ3v) is 5.33. The number of nitrogens with zero attached hydrogens (tertiary/aromatic N) is 6. The quantitative estimate of drug-likeness (QED) is 0.797. The number of rotatable bonds is 4. The number of alkyl halides is 3. The van der Waals surface area contributed by atoms with E-state index in [4.69, 9.17) is 0 Å². The SMILES string of the molecule is Cn1nccc1C(=O)N1CCC(N(c2cc(C(F)(F)F)ncn2)C2CC2)CC1. The van der Waals surface area contributed by atoms with Crippen LogP contribution in [0.4, 0.5) is 19.0 Å². The van der Waals surface area contributed by atoms with Crippen LogP contribution in [0.15, 0.2) is 24.7 Å². The molecule has 0 bridgehead atoms. The molecular weight excluding hydrogens is 373 g/mol. The fourth-order valence-corrected chi connectivity index (χ4v) is 3.76. The Kier molecular flexibility index (Phi) is 4.72. The maximum Gasteiger partial charge on any atom is 0.433 e. The van der Waals surface area contributed by atoms with Crippen LogP contribution >= 0.6 is 0 Å². The fraction of sp³-hybridized carbons (Fsp3) is 0.556. The molecule has 1 saturated heterocycles. The molecule has 0 N–H and O–H groups in total. The number of hydrogen-bond donors (Lipinski definition) is 0. The van der Waals surface area contributed by atoms with Crippen molar-refractivity contribution in [1.82, 2.24) is 24.6 Å². The van der Waals surface area contributed by atoms with Crippen molar-refractivity contribution in [3.05, 3.63) is 36.0 Å². The Morgan fingerprint density at radius 3 is 2.39 bits per heavy atom. The Balaban J connectivity index is 1.48. The largest absolute Gasteiger partial charge is 0.433 e. The Labute approximate surface area is 160 Å². The number of aryl methyl sites for hydroxylation is 1. The molecule has 0 unspecified atom stereocenters. The average Bonchev–Trinajstić information content (AvgIpc) is 3.41. The molecule has 2 aliphatic rings. The number of piperidine rings is 1. The molecule has 0 radical (unpaired) electrons. The van der Waals surface area contributed by atoms with Gasteiger partial charge < -0.3 is 9.80 Å². The number of halogens is 3. The lowest BCUT2D eigenvalue weighted by Gasteiger charge is -2.39. The number of anilines is 1. The van der Waals surface area contributed by atoms with Crippen LogP contribution in [0.1, 0.15) is 41.9 Å². The predicted molar refractivity (Wildman–Crippen MR) is 94.7 cm³/mol. The highest BCUT2D eigenvalue weighted by Crippen LogP contribution is 2.37. The van der Waals surface area contributed by atoms with Crippen LogP contribution in [0.25, 0.3) is 0 Å². The first kappa shape index (κ1) is 18.7. The standard InChI is InChI=1S/C18H21F3N6O/c1-25-14(4-7-24-25)17(28)26-8-5-13(6-9-26)27(12-2-3-12)16-10-15(18(19,20)21)22-11-23-16/h4,7,10-13H,2-3,5-6,8-9H2,1H3. The second-order valence-corrected chi connectivity index (χ2v) is 7.26. The van der Waals surface area contributed by atoms with Crippen molar-refractivity contribution >= 4 is 11.7 Å². The molecule has 3 heterocycles. The van der Waals surface area contributed by atoms with Crippen LogP contribution in [0.3, 0.4) is 0 Å². The van der Waals surface area contributed by atoms with Crippen molar-refractivity contribution in [3.8, 4) is 0 Å². The number of hydrogen-bond acceptors (Lipinski definition) is 5. The second kappa shape index (κ2) is 7.06. The van der Waals surface area contributed by atoms with Crippen LogP contribution in [0.2, 0.25) is 0 Å². The van der Waals surface area contributed by atoms with Crippen LogP contribution in [0, 0.1) is 0 Å². The van der Waals surface area contributed by atoms with E-state index in [0.717, 1.165) is 25.2 Å². The second-order valence-electron chi connectivity index (χ2n) is 7.26. The molecule has 28 heavy (non-hydrogen) atoms. The molecule has 1 amide bonds. The van der Waals surface area contributed by atoms with E-state index in [1.807, 2.05) is 4.90 Å². The number of carbonyl (C=O) groups excluding carboxylic acids is 1. The van der Waals surface area contributed by atoms with Crippen molar-refractivity contribution in [1.29, 1.82) is 0 Å². The molecule has 0 spiro atoms. The maximum absolute atomic E-state index is 13.0. The lowest BCUT2D eigenvalue weighted by molar-refractivity contribution is -0.141. The van der Waals surface area contributed by atoms with Gasteiger partial charge in [0.15, 0.2) is 0 Å². The van der Waals surface area contributed by atoms with Gasteiger partial charge in [0.25, 0.3) is 5.91 Å². The van der Waals surface area contributed by atoms with Crippen LogP contribution in [-0.4, -0.2) is 55.7 Å². The highest BCUT2D eigenvalue weighted by molar-refractivity contribution is 5.92. The summed E-state index contributed by atoms with van der Waals surface area (Å²) in [6.45, 7) is 1.10. The molecule has 1 aliphatic carbocycles. The lowest BCUT2D eigenvalue weighted by Crippen LogP contribution is -2.48. The number of amides is 1. The monoisotopic (exact) mass is 394 g/mol.